The van der Waals surface area contributed by atoms with E-state index in [9.17, 15) is 10.1 Å². The van der Waals surface area contributed by atoms with Crippen molar-refractivity contribution in [2.45, 2.75) is 37.9 Å². The van der Waals surface area contributed by atoms with Crippen molar-refractivity contribution in [1.82, 2.24) is 9.97 Å². The number of nitrogens with one attached hydrogen (secondary N) is 1. The maximum absolute atomic E-state index is 11.1. The zero-order valence-corrected chi connectivity index (χ0v) is 11.5. The molecule has 1 fully saturated rings. The van der Waals surface area contributed by atoms with Gasteiger partial charge in [0.25, 0.3) is 5.88 Å². The minimum atomic E-state index is -0.530. The van der Waals surface area contributed by atoms with E-state index >= 15 is 0 Å². The van der Waals surface area contributed by atoms with Gasteiger partial charge in [-0.1, -0.05) is 0 Å². The third-order valence-corrected chi connectivity index (χ3v) is 3.40. The summed E-state index contributed by atoms with van der Waals surface area (Å²) in [6, 6.07) is 0. The van der Waals surface area contributed by atoms with Crippen molar-refractivity contribution in [1.29, 1.82) is 0 Å². The summed E-state index contributed by atoms with van der Waals surface area (Å²) >= 11 is 0. The Bertz CT molecular complexity index is 483. The molecular formula is C12H18N4O4. The van der Waals surface area contributed by atoms with Crippen LogP contribution in [0, 0.1) is 10.1 Å². The normalized spacial score (nSPS) is 22.3. The summed E-state index contributed by atoms with van der Waals surface area (Å²) in [6.45, 7) is 0. The van der Waals surface area contributed by atoms with Crippen LogP contribution < -0.4 is 10.1 Å². The molecule has 8 heteroatoms. The second-order valence-corrected chi connectivity index (χ2v) is 4.65. The van der Waals surface area contributed by atoms with Gasteiger partial charge in [0.05, 0.1) is 11.0 Å². The molecule has 2 rings (SSSR count). The van der Waals surface area contributed by atoms with Crippen molar-refractivity contribution >= 4 is 11.5 Å². The molecule has 1 aliphatic rings. The molecule has 110 valence electrons. The van der Waals surface area contributed by atoms with Gasteiger partial charge >= 0.3 is 5.69 Å². The van der Waals surface area contributed by atoms with Crippen molar-refractivity contribution in [3.8, 4) is 5.88 Å². The molecule has 1 aromatic heterocycles. The van der Waals surface area contributed by atoms with E-state index in [1.807, 2.05) is 0 Å². The fourth-order valence-corrected chi connectivity index (χ4v) is 2.38. The molecule has 8 nitrogen and oxygen atoms in total. The first-order valence-corrected chi connectivity index (χ1v) is 6.52. The molecule has 0 bridgehead atoms. The minimum absolute atomic E-state index is 0.0103. The van der Waals surface area contributed by atoms with Gasteiger partial charge < -0.3 is 14.8 Å². The number of hydrogen-bond acceptors (Lipinski definition) is 7. The Labute approximate surface area is 116 Å². The highest BCUT2D eigenvalue weighted by Gasteiger charge is 2.29. The standard InChI is InChI=1S/C12H18N4O4/c1-13-11-10(16(17)18)12(15-7-14-11)20-9-5-3-4-8(6-9)19-2/h7-9H,3-6H2,1-2H3,(H,13,14,15). The van der Waals surface area contributed by atoms with E-state index in [-0.39, 0.29) is 29.6 Å². The van der Waals surface area contributed by atoms with Crippen LogP contribution in [0.2, 0.25) is 0 Å². The van der Waals surface area contributed by atoms with Gasteiger partial charge in [0, 0.05) is 20.6 Å². The first-order chi connectivity index (χ1) is 9.65. The predicted octanol–water partition coefficient (Wildman–Crippen LogP) is 1.76. The molecule has 0 aliphatic heterocycles. The van der Waals surface area contributed by atoms with E-state index in [1.54, 1.807) is 14.2 Å². The number of nitro groups is 1. The molecular weight excluding hydrogens is 264 g/mol. The Kier molecular flexibility index (Phi) is 4.67. The largest absolute Gasteiger partial charge is 0.469 e. The number of aromatic nitrogens is 2. The lowest BCUT2D eigenvalue weighted by atomic mass is 9.95. The first-order valence-electron chi connectivity index (χ1n) is 6.52. The van der Waals surface area contributed by atoms with Gasteiger partial charge in [0.1, 0.15) is 12.4 Å². The van der Waals surface area contributed by atoms with Crippen LogP contribution in [0.4, 0.5) is 11.5 Å². The van der Waals surface area contributed by atoms with Crippen LogP contribution >= 0.6 is 0 Å². The molecule has 1 heterocycles. The Morgan fingerprint density at radius 3 is 2.80 bits per heavy atom. The highest BCUT2D eigenvalue weighted by molar-refractivity contribution is 5.60. The van der Waals surface area contributed by atoms with Crippen LogP contribution in [0.3, 0.4) is 0 Å². The zero-order chi connectivity index (χ0) is 14.5. The van der Waals surface area contributed by atoms with Gasteiger partial charge in [0.15, 0.2) is 0 Å². The van der Waals surface area contributed by atoms with Crippen LogP contribution in [0.5, 0.6) is 5.88 Å². The van der Waals surface area contributed by atoms with E-state index in [1.165, 1.54) is 6.33 Å². The predicted molar refractivity (Wildman–Crippen MR) is 71.9 cm³/mol. The summed E-state index contributed by atoms with van der Waals surface area (Å²) in [5.41, 5.74) is -0.227. The Morgan fingerprint density at radius 2 is 2.15 bits per heavy atom. The van der Waals surface area contributed by atoms with Gasteiger partial charge in [0.2, 0.25) is 5.82 Å². The maximum atomic E-state index is 11.1. The quantitative estimate of drug-likeness (QED) is 0.648. The second-order valence-electron chi connectivity index (χ2n) is 4.65. The monoisotopic (exact) mass is 282 g/mol. The zero-order valence-electron chi connectivity index (χ0n) is 11.5. The van der Waals surface area contributed by atoms with Crippen LogP contribution in [0.25, 0.3) is 0 Å². The highest BCUT2D eigenvalue weighted by Crippen LogP contribution is 2.33. The SMILES string of the molecule is CNc1ncnc(OC2CCCC(OC)C2)c1[N+](=O)[O-]. The minimum Gasteiger partial charge on any atom is -0.469 e. The lowest BCUT2D eigenvalue weighted by molar-refractivity contribution is -0.385. The number of methoxy groups -OCH3 is 1. The van der Waals surface area contributed by atoms with Crippen molar-refractivity contribution in [2.24, 2.45) is 0 Å². The topological polar surface area (TPSA) is 99.4 Å². The summed E-state index contributed by atoms with van der Waals surface area (Å²) in [7, 11) is 3.24. The highest BCUT2D eigenvalue weighted by atomic mass is 16.6. The Balaban J connectivity index is 2.18. The van der Waals surface area contributed by atoms with E-state index in [2.05, 4.69) is 15.3 Å². The van der Waals surface area contributed by atoms with Crippen LogP contribution in [0.1, 0.15) is 25.7 Å². The van der Waals surface area contributed by atoms with E-state index in [4.69, 9.17) is 9.47 Å². The molecule has 0 amide bonds. The van der Waals surface area contributed by atoms with E-state index < -0.39 is 4.92 Å². The molecule has 1 aliphatic carbocycles. The molecule has 0 saturated heterocycles. The summed E-state index contributed by atoms with van der Waals surface area (Å²) in [5, 5.41) is 13.8. The van der Waals surface area contributed by atoms with Crippen LogP contribution in [-0.4, -0.2) is 41.3 Å². The lowest BCUT2D eigenvalue weighted by Gasteiger charge is -2.28. The fourth-order valence-electron chi connectivity index (χ4n) is 2.38. The maximum Gasteiger partial charge on any atom is 0.372 e. The molecule has 20 heavy (non-hydrogen) atoms. The summed E-state index contributed by atoms with van der Waals surface area (Å²) in [4.78, 5) is 18.3. The molecule has 1 saturated carbocycles. The number of rotatable bonds is 5. The number of nitrogens with zero attached hydrogens (tertiary/aromatic N) is 3. The molecule has 0 aromatic carbocycles. The Hall–Kier alpha value is -1.96. The van der Waals surface area contributed by atoms with Crippen molar-refractivity contribution < 1.29 is 14.4 Å². The van der Waals surface area contributed by atoms with Gasteiger partial charge in [-0.2, -0.15) is 4.98 Å². The molecule has 1 N–H and O–H groups in total. The second kappa shape index (κ2) is 6.47. The molecule has 1 aromatic rings. The average molecular weight is 282 g/mol. The summed E-state index contributed by atoms with van der Waals surface area (Å²) < 4.78 is 11.0. The van der Waals surface area contributed by atoms with Gasteiger partial charge in [-0.15, -0.1) is 0 Å². The van der Waals surface area contributed by atoms with Crippen molar-refractivity contribution in [3.05, 3.63) is 16.4 Å². The Morgan fingerprint density at radius 1 is 1.40 bits per heavy atom. The van der Waals surface area contributed by atoms with Crippen molar-refractivity contribution in [2.75, 3.05) is 19.5 Å². The first kappa shape index (κ1) is 14.4. The van der Waals surface area contributed by atoms with Gasteiger partial charge in [-0.25, -0.2) is 4.98 Å². The molecule has 0 spiro atoms. The third kappa shape index (κ3) is 3.13. The summed E-state index contributed by atoms with van der Waals surface area (Å²) in [5.74, 6) is 0.162. The third-order valence-electron chi connectivity index (χ3n) is 3.40. The van der Waals surface area contributed by atoms with Gasteiger partial charge in [-0.3, -0.25) is 10.1 Å². The van der Waals surface area contributed by atoms with E-state index in [0.29, 0.717) is 6.42 Å². The molecule has 2 unspecified atom stereocenters. The number of hydrogen-bond donors (Lipinski definition) is 1. The lowest BCUT2D eigenvalue weighted by Crippen LogP contribution is -2.30. The van der Waals surface area contributed by atoms with Crippen LogP contribution in [-0.2, 0) is 4.74 Å². The smallest absolute Gasteiger partial charge is 0.372 e. The molecule has 0 radical (unpaired) electrons. The van der Waals surface area contributed by atoms with Gasteiger partial charge in [-0.05, 0) is 19.3 Å². The van der Waals surface area contributed by atoms with Crippen molar-refractivity contribution in [3.63, 3.8) is 0 Å². The number of anilines is 1. The summed E-state index contributed by atoms with van der Waals surface area (Å²) in [6.07, 6.45) is 4.79. The average Bonchev–Trinajstić information content (AvgIpc) is 2.46. The van der Waals surface area contributed by atoms with Crippen LogP contribution in [0.15, 0.2) is 6.33 Å². The molecule has 2 atom stereocenters. The van der Waals surface area contributed by atoms with E-state index in [0.717, 1.165) is 19.3 Å². The number of ether oxygens (including phenoxy) is 2. The fraction of sp³-hybridized carbons (Fsp3) is 0.667.